The Morgan fingerprint density at radius 3 is 2.51 bits per heavy atom. The maximum Gasteiger partial charge on any atom is 0.246 e. The van der Waals surface area contributed by atoms with Crippen molar-refractivity contribution >= 4 is 23.4 Å². The normalized spacial score (nSPS) is 21.7. The van der Waals surface area contributed by atoms with Crippen LogP contribution >= 0.6 is 0 Å². The van der Waals surface area contributed by atoms with Crippen LogP contribution in [0.4, 0.5) is 10.1 Å². The second-order valence-electron chi connectivity index (χ2n) is 9.76. The van der Waals surface area contributed by atoms with Crippen LogP contribution in [-0.4, -0.2) is 96.6 Å². The molecule has 0 bridgehead atoms. The van der Waals surface area contributed by atoms with Crippen LogP contribution in [0.3, 0.4) is 0 Å². The molecule has 10 heteroatoms. The number of likely N-dealkylation sites (N-methyl/N-ethyl adjacent to an activating group) is 1. The number of ether oxygens (including phenoxy) is 1. The molecule has 0 radical (unpaired) electrons. The second kappa shape index (κ2) is 11.6. The van der Waals surface area contributed by atoms with E-state index in [9.17, 15) is 24.0 Å². The Bertz CT molecular complexity index is 939. The van der Waals surface area contributed by atoms with Crippen molar-refractivity contribution in [1.82, 2.24) is 14.7 Å². The minimum Gasteiger partial charge on any atom is -0.379 e. The van der Waals surface area contributed by atoms with Crippen molar-refractivity contribution < 1.29 is 23.5 Å². The fourth-order valence-electron chi connectivity index (χ4n) is 4.43. The van der Waals surface area contributed by atoms with Gasteiger partial charge in [0, 0.05) is 38.8 Å². The van der Waals surface area contributed by atoms with E-state index in [1.54, 1.807) is 24.3 Å². The zero-order valence-corrected chi connectivity index (χ0v) is 20.6. The van der Waals surface area contributed by atoms with E-state index in [4.69, 9.17) is 4.74 Å². The zero-order valence-electron chi connectivity index (χ0n) is 20.6. The number of morpholine rings is 1. The van der Waals surface area contributed by atoms with Crippen molar-refractivity contribution in [2.45, 2.75) is 44.4 Å². The Kier molecular flexibility index (Phi) is 8.81. The predicted molar refractivity (Wildman–Crippen MR) is 128 cm³/mol. The molecule has 1 aromatic carbocycles. The van der Waals surface area contributed by atoms with E-state index in [1.165, 1.54) is 30.7 Å². The van der Waals surface area contributed by atoms with Crippen molar-refractivity contribution in [3.05, 3.63) is 30.3 Å². The Balaban J connectivity index is 1.73. The van der Waals surface area contributed by atoms with Crippen molar-refractivity contribution in [2.75, 3.05) is 51.8 Å². The van der Waals surface area contributed by atoms with Gasteiger partial charge < -0.3 is 19.9 Å². The summed E-state index contributed by atoms with van der Waals surface area (Å²) in [6.45, 7) is 5.11. The fourth-order valence-corrected chi connectivity index (χ4v) is 4.43. The number of hydrogen-bond donors (Lipinski definition) is 1. The number of likely N-dealkylation sites (tertiary alicyclic amines) is 1. The highest BCUT2D eigenvalue weighted by Gasteiger charge is 2.44. The van der Waals surface area contributed by atoms with Gasteiger partial charge in [0.2, 0.25) is 17.7 Å². The first-order chi connectivity index (χ1) is 16.6. The molecule has 1 N–H and O–H groups in total. The smallest absolute Gasteiger partial charge is 0.246 e. The molecule has 2 heterocycles. The van der Waals surface area contributed by atoms with Gasteiger partial charge in [-0.25, -0.2) is 4.39 Å². The van der Waals surface area contributed by atoms with Gasteiger partial charge in [0.05, 0.1) is 31.7 Å². The summed E-state index contributed by atoms with van der Waals surface area (Å²) in [5, 5.41) is 12.5. The topological polar surface area (TPSA) is 106 Å². The number of amides is 3. The number of rotatable bonds is 8. The third-order valence-electron chi connectivity index (χ3n) is 6.43. The molecule has 2 aliphatic heterocycles. The number of anilines is 1. The number of nitriles is 1. The summed E-state index contributed by atoms with van der Waals surface area (Å²) >= 11 is 0. The van der Waals surface area contributed by atoms with Crippen LogP contribution in [0.2, 0.25) is 0 Å². The molecule has 3 rings (SSSR count). The van der Waals surface area contributed by atoms with Crippen molar-refractivity contribution in [3.8, 4) is 6.07 Å². The number of carbonyl (C=O) groups is 3. The van der Waals surface area contributed by atoms with E-state index in [-0.39, 0.29) is 37.7 Å². The number of nitrogens with one attached hydrogen (secondary N) is 1. The van der Waals surface area contributed by atoms with Gasteiger partial charge >= 0.3 is 0 Å². The molecule has 3 atom stereocenters. The lowest BCUT2D eigenvalue weighted by atomic mass is 9.98. The molecule has 0 saturated carbocycles. The van der Waals surface area contributed by atoms with Crippen LogP contribution in [0.5, 0.6) is 0 Å². The molecule has 2 saturated heterocycles. The van der Waals surface area contributed by atoms with Crippen molar-refractivity contribution in [2.24, 2.45) is 5.92 Å². The van der Waals surface area contributed by atoms with Gasteiger partial charge in [0.15, 0.2) is 0 Å². The van der Waals surface area contributed by atoms with Gasteiger partial charge in [0.25, 0.3) is 0 Å². The van der Waals surface area contributed by atoms with E-state index < -0.39 is 29.6 Å². The molecule has 9 nitrogen and oxygen atoms in total. The van der Waals surface area contributed by atoms with Crippen LogP contribution in [0.25, 0.3) is 0 Å². The lowest BCUT2D eigenvalue weighted by Gasteiger charge is -2.35. The average Bonchev–Trinajstić information content (AvgIpc) is 3.27. The van der Waals surface area contributed by atoms with E-state index in [0.717, 1.165) is 0 Å². The highest BCUT2D eigenvalue weighted by Crippen LogP contribution is 2.28. The van der Waals surface area contributed by atoms with Gasteiger partial charge in [-0.3, -0.25) is 19.3 Å². The molecule has 190 valence electrons. The maximum absolute atomic E-state index is 14.7. The monoisotopic (exact) mass is 487 g/mol. The number of para-hydroxylation sites is 1. The van der Waals surface area contributed by atoms with Crippen LogP contribution in [0.1, 0.15) is 26.7 Å². The zero-order chi connectivity index (χ0) is 25.6. The highest BCUT2D eigenvalue weighted by atomic mass is 19.1. The fraction of sp³-hybridized carbons (Fsp3) is 0.600. The van der Waals surface area contributed by atoms with E-state index in [2.05, 4.69) is 11.4 Å². The first-order valence-electron chi connectivity index (χ1n) is 11.9. The van der Waals surface area contributed by atoms with Crippen LogP contribution in [-0.2, 0) is 19.1 Å². The predicted octanol–water partition coefficient (Wildman–Crippen LogP) is 1.66. The lowest BCUT2D eigenvalue weighted by Crippen LogP contribution is -2.54. The van der Waals surface area contributed by atoms with Gasteiger partial charge in [-0.1, -0.05) is 18.2 Å². The second-order valence-corrected chi connectivity index (χ2v) is 9.76. The standard InChI is InChI=1S/C25H34FN5O4/c1-25(2,26)14-21(29(3)22(32)17-30-9-11-35-12-10-30)24(34)31-16-18(13-20(31)15-27)23(33)28-19-7-5-4-6-8-19/h4-8,18,20-21H,9-14,16-17H2,1-3H3,(H,28,33). The number of carbonyl (C=O) groups excluding carboxylic acids is 3. The van der Waals surface area contributed by atoms with E-state index in [1.807, 2.05) is 11.0 Å². The van der Waals surface area contributed by atoms with Crippen LogP contribution < -0.4 is 5.32 Å². The summed E-state index contributed by atoms with van der Waals surface area (Å²) < 4.78 is 20.0. The summed E-state index contributed by atoms with van der Waals surface area (Å²) in [4.78, 5) is 44.0. The number of alkyl halides is 1. The molecule has 3 unspecified atom stereocenters. The Hall–Kier alpha value is -3.03. The number of nitrogens with zero attached hydrogens (tertiary/aromatic N) is 4. The minimum atomic E-state index is -1.72. The Morgan fingerprint density at radius 1 is 1.26 bits per heavy atom. The van der Waals surface area contributed by atoms with Crippen LogP contribution in [0, 0.1) is 17.2 Å². The molecule has 1 aromatic rings. The number of hydrogen-bond acceptors (Lipinski definition) is 6. The minimum absolute atomic E-state index is 0.0322. The molecule has 2 fully saturated rings. The highest BCUT2D eigenvalue weighted by molar-refractivity contribution is 5.94. The number of benzene rings is 1. The van der Waals surface area contributed by atoms with Gasteiger partial charge in [-0.15, -0.1) is 0 Å². The molecule has 35 heavy (non-hydrogen) atoms. The number of halogens is 1. The van der Waals surface area contributed by atoms with Gasteiger partial charge in [-0.05, 0) is 32.4 Å². The lowest BCUT2D eigenvalue weighted by molar-refractivity contribution is -0.147. The third-order valence-corrected chi connectivity index (χ3v) is 6.43. The molecule has 0 spiro atoms. The summed E-state index contributed by atoms with van der Waals surface area (Å²) in [7, 11) is 1.49. The third kappa shape index (κ3) is 7.23. The van der Waals surface area contributed by atoms with Gasteiger partial charge in [0.1, 0.15) is 17.8 Å². The first-order valence-corrected chi connectivity index (χ1v) is 11.9. The van der Waals surface area contributed by atoms with Gasteiger partial charge in [-0.2, -0.15) is 5.26 Å². The SMILES string of the molecule is CN(C(=O)CN1CCOCC1)C(CC(C)(C)F)C(=O)N1CC(C(=O)Nc2ccccc2)CC1C#N. The molecular weight excluding hydrogens is 453 g/mol. The summed E-state index contributed by atoms with van der Waals surface area (Å²) in [5.41, 5.74) is -1.10. The van der Waals surface area contributed by atoms with Crippen LogP contribution in [0.15, 0.2) is 30.3 Å². The Labute approximate surface area is 205 Å². The molecular formula is C25H34FN5O4. The van der Waals surface area contributed by atoms with E-state index in [0.29, 0.717) is 32.0 Å². The Morgan fingerprint density at radius 2 is 1.91 bits per heavy atom. The molecule has 2 aliphatic rings. The quantitative estimate of drug-likeness (QED) is 0.598. The van der Waals surface area contributed by atoms with Crippen molar-refractivity contribution in [3.63, 3.8) is 0 Å². The summed E-state index contributed by atoms with van der Waals surface area (Å²) in [6, 6.07) is 9.12. The summed E-state index contributed by atoms with van der Waals surface area (Å²) in [6.07, 6.45) is -0.0369. The molecule has 0 aliphatic carbocycles. The first kappa shape index (κ1) is 26.6. The van der Waals surface area contributed by atoms with Crippen molar-refractivity contribution in [1.29, 1.82) is 5.26 Å². The molecule has 0 aromatic heterocycles. The largest absolute Gasteiger partial charge is 0.379 e. The van der Waals surface area contributed by atoms with E-state index >= 15 is 0 Å². The summed E-state index contributed by atoms with van der Waals surface area (Å²) in [5.74, 6) is -1.70. The maximum atomic E-state index is 14.7. The molecule has 3 amide bonds. The average molecular weight is 488 g/mol.